The maximum atomic E-state index is 12.4. The number of ether oxygens (including phenoxy) is 2. The quantitative estimate of drug-likeness (QED) is 0.379. The Balaban J connectivity index is 1.31. The Bertz CT molecular complexity index is 1170. The van der Waals surface area contributed by atoms with E-state index in [1.807, 2.05) is 84.3 Å². The normalized spacial score (nSPS) is 10.6. The molecular weight excluding hydrogens is 424 g/mol. The summed E-state index contributed by atoms with van der Waals surface area (Å²) >= 11 is 1.31. The maximum Gasteiger partial charge on any atom is 0.234 e. The zero-order valence-corrected chi connectivity index (χ0v) is 18.5. The van der Waals surface area contributed by atoms with Crippen molar-refractivity contribution in [2.24, 2.45) is 0 Å². The molecule has 4 rings (SSSR count). The number of carbonyl (C=O) groups is 1. The van der Waals surface area contributed by atoms with Crippen molar-refractivity contribution in [2.45, 2.75) is 12.1 Å². The van der Waals surface area contributed by atoms with Crippen LogP contribution in [-0.4, -0.2) is 33.5 Å². The molecule has 1 aromatic heterocycles. The summed E-state index contributed by atoms with van der Waals surface area (Å²) in [6.45, 7) is 2.03. The van der Waals surface area contributed by atoms with Gasteiger partial charge in [0, 0.05) is 11.4 Å². The van der Waals surface area contributed by atoms with E-state index >= 15 is 0 Å². The molecule has 0 fully saturated rings. The number of benzene rings is 3. The van der Waals surface area contributed by atoms with Crippen molar-refractivity contribution >= 4 is 23.4 Å². The summed E-state index contributed by atoms with van der Waals surface area (Å²) in [5, 5.41) is 11.6. The number of aryl methyl sites for hydroxylation is 1. The number of amides is 1. The first-order valence-corrected chi connectivity index (χ1v) is 10.9. The van der Waals surface area contributed by atoms with Crippen LogP contribution in [0.15, 0.2) is 84.3 Å². The van der Waals surface area contributed by atoms with Gasteiger partial charge in [0.25, 0.3) is 0 Å². The molecule has 0 bridgehead atoms. The third-order valence-electron chi connectivity index (χ3n) is 4.59. The molecule has 4 aromatic rings. The standard InChI is InChI=1S/C24H22N4O3S/c1-17-3-9-21(10-4-17)31-22-11-5-18(6-12-22)26-23(29)15-32-24-27-25-16-28(24)19-7-13-20(30-2)14-8-19/h3-14,16H,15H2,1-2H3,(H,26,29). The molecule has 0 aliphatic heterocycles. The van der Waals surface area contributed by atoms with E-state index in [1.165, 1.54) is 17.3 Å². The number of nitrogens with one attached hydrogen (secondary N) is 1. The Hall–Kier alpha value is -3.78. The van der Waals surface area contributed by atoms with Crippen LogP contribution in [0.2, 0.25) is 0 Å². The Morgan fingerprint density at radius 1 is 0.938 bits per heavy atom. The summed E-state index contributed by atoms with van der Waals surface area (Å²) in [5.74, 6) is 2.31. The van der Waals surface area contributed by atoms with Crippen molar-refractivity contribution in [3.05, 3.63) is 84.7 Å². The lowest BCUT2D eigenvalue weighted by atomic mass is 10.2. The van der Waals surface area contributed by atoms with Crippen LogP contribution < -0.4 is 14.8 Å². The topological polar surface area (TPSA) is 78.3 Å². The Kier molecular flexibility index (Phi) is 6.72. The highest BCUT2D eigenvalue weighted by Gasteiger charge is 2.11. The van der Waals surface area contributed by atoms with Gasteiger partial charge in [-0.2, -0.15) is 0 Å². The van der Waals surface area contributed by atoms with Gasteiger partial charge in [-0.15, -0.1) is 10.2 Å². The number of carbonyl (C=O) groups excluding carboxylic acids is 1. The smallest absolute Gasteiger partial charge is 0.234 e. The van der Waals surface area contributed by atoms with Crippen molar-refractivity contribution in [2.75, 3.05) is 18.2 Å². The third kappa shape index (κ3) is 5.47. The van der Waals surface area contributed by atoms with E-state index in [4.69, 9.17) is 9.47 Å². The summed E-state index contributed by atoms with van der Waals surface area (Å²) in [7, 11) is 1.62. The highest BCUT2D eigenvalue weighted by Crippen LogP contribution is 2.24. The Labute approximate surface area is 190 Å². The fraction of sp³-hybridized carbons (Fsp3) is 0.125. The number of thioether (sulfide) groups is 1. The van der Waals surface area contributed by atoms with E-state index < -0.39 is 0 Å². The maximum absolute atomic E-state index is 12.4. The molecule has 1 heterocycles. The van der Waals surface area contributed by atoms with E-state index in [1.54, 1.807) is 13.4 Å². The lowest BCUT2D eigenvalue weighted by Gasteiger charge is -2.09. The minimum Gasteiger partial charge on any atom is -0.497 e. The van der Waals surface area contributed by atoms with Crippen molar-refractivity contribution in [1.29, 1.82) is 0 Å². The van der Waals surface area contributed by atoms with E-state index in [9.17, 15) is 4.79 Å². The van der Waals surface area contributed by atoms with Crippen LogP contribution in [-0.2, 0) is 4.79 Å². The molecule has 0 aliphatic rings. The SMILES string of the molecule is COc1ccc(-n2cnnc2SCC(=O)Nc2ccc(Oc3ccc(C)cc3)cc2)cc1. The van der Waals surface area contributed by atoms with Gasteiger partial charge in [0.1, 0.15) is 23.6 Å². The zero-order chi connectivity index (χ0) is 22.3. The van der Waals surface area contributed by atoms with E-state index in [2.05, 4.69) is 15.5 Å². The molecule has 3 aromatic carbocycles. The molecule has 0 atom stereocenters. The van der Waals surface area contributed by atoms with Crippen molar-refractivity contribution in [3.8, 4) is 22.9 Å². The molecule has 32 heavy (non-hydrogen) atoms. The predicted molar refractivity (Wildman–Crippen MR) is 125 cm³/mol. The largest absolute Gasteiger partial charge is 0.497 e. The Morgan fingerprint density at radius 3 is 2.22 bits per heavy atom. The van der Waals surface area contributed by atoms with Gasteiger partial charge < -0.3 is 14.8 Å². The van der Waals surface area contributed by atoms with Gasteiger partial charge in [-0.25, -0.2) is 0 Å². The molecule has 0 saturated carbocycles. The summed E-state index contributed by atoms with van der Waals surface area (Å²) < 4.78 is 12.8. The first-order chi connectivity index (χ1) is 15.6. The number of methoxy groups -OCH3 is 1. The van der Waals surface area contributed by atoms with Gasteiger partial charge in [-0.1, -0.05) is 29.5 Å². The van der Waals surface area contributed by atoms with E-state index in [0.717, 1.165) is 17.2 Å². The zero-order valence-electron chi connectivity index (χ0n) is 17.7. The molecule has 1 N–H and O–H groups in total. The fourth-order valence-electron chi connectivity index (χ4n) is 2.92. The van der Waals surface area contributed by atoms with Gasteiger partial charge >= 0.3 is 0 Å². The first kappa shape index (κ1) is 21.5. The molecule has 0 spiro atoms. The molecule has 8 heteroatoms. The highest BCUT2D eigenvalue weighted by molar-refractivity contribution is 7.99. The first-order valence-electron chi connectivity index (χ1n) is 9.92. The van der Waals surface area contributed by atoms with Crippen LogP contribution in [0.1, 0.15) is 5.56 Å². The molecule has 0 saturated heterocycles. The van der Waals surface area contributed by atoms with Crippen molar-refractivity contribution in [1.82, 2.24) is 14.8 Å². The summed E-state index contributed by atoms with van der Waals surface area (Å²) in [6, 6.07) is 22.7. The lowest BCUT2D eigenvalue weighted by molar-refractivity contribution is -0.113. The summed E-state index contributed by atoms with van der Waals surface area (Å²) in [5.41, 5.74) is 2.77. The lowest BCUT2D eigenvalue weighted by Crippen LogP contribution is -2.14. The minimum atomic E-state index is -0.133. The number of hydrogen-bond donors (Lipinski definition) is 1. The molecule has 0 radical (unpaired) electrons. The molecule has 0 unspecified atom stereocenters. The van der Waals surface area contributed by atoms with E-state index in [-0.39, 0.29) is 11.7 Å². The van der Waals surface area contributed by atoms with Crippen LogP contribution in [0.3, 0.4) is 0 Å². The summed E-state index contributed by atoms with van der Waals surface area (Å²) in [6.07, 6.45) is 1.62. The van der Waals surface area contributed by atoms with Gasteiger partial charge in [-0.3, -0.25) is 9.36 Å². The average molecular weight is 447 g/mol. The Morgan fingerprint density at radius 2 is 1.56 bits per heavy atom. The van der Waals surface area contributed by atoms with Gasteiger partial charge in [-0.05, 0) is 67.6 Å². The van der Waals surface area contributed by atoms with Gasteiger partial charge in [0.05, 0.1) is 12.9 Å². The van der Waals surface area contributed by atoms with E-state index in [0.29, 0.717) is 16.6 Å². The van der Waals surface area contributed by atoms with Crippen molar-refractivity contribution < 1.29 is 14.3 Å². The minimum absolute atomic E-state index is 0.133. The fourth-order valence-corrected chi connectivity index (χ4v) is 3.65. The van der Waals surface area contributed by atoms with Crippen molar-refractivity contribution in [3.63, 3.8) is 0 Å². The molecule has 0 aliphatic carbocycles. The van der Waals surface area contributed by atoms with Crippen LogP contribution in [0, 0.1) is 6.92 Å². The van der Waals surface area contributed by atoms with Crippen LogP contribution >= 0.6 is 11.8 Å². The molecule has 1 amide bonds. The molecular formula is C24H22N4O3S. The number of aromatic nitrogens is 3. The average Bonchev–Trinajstić information content (AvgIpc) is 3.29. The number of hydrogen-bond acceptors (Lipinski definition) is 6. The van der Waals surface area contributed by atoms with Crippen LogP contribution in [0.25, 0.3) is 5.69 Å². The monoisotopic (exact) mass is 446 g/mol. The van der Waals surface area contributed by atoms with Crippen LogP contribution in [0.4, 0.5) is 5.69 Å². The summed E-state index contributed by atoms with van der Waals surface area (Å²) in [4.78, 5) is 12.4. The van der Waals surface area contributed by atoms with Gasteiger partial charge in [0.15, 0.2) is 5.16 Å². The molecule has 162 valence electrons. The number of anilines is 1. The third-order valence-corrected chi connectivity index (χ3v) is 5.54. The second kappa shape index (κ2) is 10.0. The number of rotatable bonds is 8. The predicted octanol–water partition coefficient (Wildman–Crippen LogP) is 5.11. The number of nitrogens with zero attached hydrogens (tertiary/aromatic N) is 3. The van der Waals surface area contributed by atoms with Gasteiger partial charge in [0.2, 0.25) is 5.91 Å². The second-order valence-electron chi connectivity index (χ2n) is 6.96. The van der Waals surface area contributed by atoms with Crippen LogP contribution in [0.5, 0.6) is 17.2 Å². The molecule has 7 nitrogen and oxygen atoms in total. The highest BCUT2D eigenvalue weighted by atomic mass is 32.2. The second-order valence-corrected chi connectivity index (χ2v) is 7.90.